The molecule has 2 N–H and O–H groups in total. The molecule has 0 aliphatic rings. The summed E-state index contributed by atoms with van der Waals surface area (Å²) in [4.78, 5) is 24.0. The van der Waals surface area contributed by atoms with Crippen LogP contribution in [-0.2, 0) is 4.79 Å². The third kappa shape index (κ3) is 4.06. The highest BCUT2D eigenvalue weighted by Gasteiger charge is 2.13. The number of nitrogens with one attached hydrogen (secondary N) is 2. The number of furan rings is 1. The van der Waals surface area contributed by atoms with Crippen LogP contribution in [0.5, 0.6) is 0 Å². The minimum Gasteiger partial charge on any atom is -0.465 e. The average Bonchev–Trinajstić information content (AvgIpc) is 2.99. The third-order valence-corrected chi connectivity index (χ3v) is 3.18. The van der Waals surface area contributed by atoms with Gasteiger partial charge in [0.25, 0.3) is 11.8 Å². The van der Waals surface area contributed by atoms with Gasteiger partial charge in [-0.05, 0) is 36.4 Å². The molecule has 0 aliphatic heterocycles. The lowest BCUT2D eigenvalue weighted by molar-refractivity contribution is -0.117. The highest BCUT2D eigenvalue weighted by Crippen LogP contribution is 2.11. The molecule has 6 heteroatoms. The Hall–Kier alpha value is -2.34. The van der Waals surface area contributed by atoms with Gasteiger partial charge in [-0.1, -0.05) is 15.9 Å². The van der Waals surface area contributed by atoms with E-state index in [0.29, 0.717) is 11.3 Å². The Morgan fingerprint density at radius 2 is 1.90 bits per heavy atom. The van der Waals surface area contributed by atoms with Crippen molar-refractivity contribution >= 4 is 33.8 Å². The molecule has 2 aromatic rings. The lowest BCUT2D eigenvalue weighted by Gasteiger charge is -2.08. The predicted molar refractivity (Wildman–Crippen MR) is 82.4 cm³/mol. The third-order valence-electron chi connectivity index (χ3n) is 2.66. The monoisotopic (exact) mass is 348 g/mol. The maximum Gasteiger partial charge on any atom is 0.267 e. The summed E-state index contributed by atoms with van der Waals surface area (Å²) in [6.07, 6.45) is 2.96. The first kappa shape index (κ1) is 15.1. The highest BCUT2D eigenvalue weighted by molar-refractivity contribution is 9.10. The average molecular weight is 349 g/mol. The quantitative estimate of drug-likeness (QED) is 0.834. The van der Waals surface area contributed by atoms with Gasteiger partial charge in [-0.2, -0.15) is 0 Å². The van der Waals surface area contributed by atoms with E-state index in [1.807, 2.05) is 0 Å². The van der Waals surface area contributed by atoms with Gasteiger partial charge in [0.1, 0.15) is 11.5 Å². The SMILES string of the molecule is CNC(=O)/C(=C\c1ccco1)NC(=O)c1ccc(Br)cc1. The minimum atomic E-state index is -0.406. The van der Waals surface area contributed by atoms with Crippen molar-refractivity contribution in [2.45, 2.75) is 0 Å². The first-order valence-electron chi connectivity index (χ1n) is 6.14. The standard InChI is InChI=1S/C15H13BrN2O3/c1-17-15(20)13(9-12-3-2-8-21-12)18-14(19)10-4-6-11(16)7-5-10/h2-9H,1H3,(H,17,20)(H,18,19)/b13-9+. The van der Waals surface area contributed by atoms with Crippen LogP contribution in [0, 0.1) is 0 Å². The zero-order valence-corrected chi connectivity index (χ0v) is 12.8. The van der Waals surface area contributed by atoms with Crippen molar-refractivity contribution in [1.29, 1.82) is 0 Å². The second-order valence-corrected chi connectivity index (χ2v) is 5.03. The smallest absolute Gasteiger partial charge is 0.267 e. The van der Waals surface area contributed by atoms with Gasteiger partial charge in [0.05, 0.1) is 6.26 Å². The lowest BCUT2D eigenvalue weighted by Crippen LogP contribution is -2.33. The molecule has 108 valence electrons. The Labute approximate surface area is 130 Å². The molecule has 0 bridgehead atoms. The summed E-state index contributed by atoms with van der Waals surface area (Å²) in [5.41, 5.74) is 0.563. The van der Waals surface area contributed by atoms with Crippen LogP contribution >= 0.6 is 15.9 Å². The van der Waals surface area contributed by atoms with Crippen molar-refractivity contribution in [3.8, 4) is 0 Å². The Balaban J connectivity index is 2.21. The van der Waals surface area contributed by atoms with Gasteiger partial charge in [0.15, 0.2) is 0 Å². The Morgan fingerprint density at radius 3 is 2.48 bits per heavy atom. The van der Waals surface area contributed by atoms with Gasteiger partial charge in [-0.15, -0.1) is 0 Å². The zero-order valence-electron chi connectivity index (χ0n) is 11.2. The number of hydrogen-bond donors (Lipinski definition) is 2. The number of hydrogen-bond acceptors (Lipinski definition) is 3. The van der Waals surface area contributed by atoms with Crippen molar-refractivity contribution in [2.24, 2.45) is 0 Å². The molecule has 0 spiro atoms. The highest BCUT2D eigenvalue weighted by atomic mass is 79.9. The van der Waals surface area contributed by atoms with Gasteiger partial charge in [-0.25, -0.2) is 0 Å². The zero-order chi connectivity index (χ0) is 15.2. The van der Waals surface area contributed by atoms with Crippen molar-refractivity contribution in [3.63, 3.8) is 0 Å². The molecule has 5 nitrogen and oxygen atoms in total. The molecule has 1 aromatic heterocycles. The minimum absolute atomic E-state index is 0.111. The second kappa shape index (κ2) is 6.90. The summed E-state index contributed by atoms with van der Waals surface area (Å²) in [6, 6.07) is 10.2. The number of benzene rings is 1. The van der Waals surface area contributed by atoms with Crippen LogP contribution in [-0.4, -0.2) is 18.9 Å². The van der Waals surface area contributed by atoms with Gasteiger partial charge in [0.2, 0.25) is 0 Å². The van der Waals surface area contributed by atoms with Crippen LogP contribution in [0.25, 0.3) is 6.08 Å². The van der Waals surface area contributed by atoms with Crippen LogP contribution in [0.1, 0.15) is 16.1 Å². The topological polar surface area (TPSA) is 71.3 Å². The molecule has 1 heterocycles. The van der Waals surface area contributed by atoms with Gasteiger partial charge >= 0.3 is 0 Å². The fourth-order valence-electron chi connectivity index (χ4n) is 1.60. The number of likely N-dealkylation sites (N-methyl/N-ethyl adjacent to an activating group) is 1. The molecule has 0 radical (unpaired) electrons. The fourth-order valence-corrected chi connectivity index (χ4v) is 1.87. The van der Waals surface area contributed by atoms with Gasteiger partial charge < -0.3 is 15.1 Å². The molecule has 1 aromatic carbocycles. The molecular weight excluding hydrogens is 336 g/mol. The molecule has 2 rings (SSSR count). The summed E-state index contributed by atoms with van der Waals surface area (Å²) in [6.45, 7) is 0. The molecule has 0 fully saturated rings. The largest absolute Gasteiger partial charge is 0.465 e. The summed E-state index contributed by atoms with van der Waals surface area (Å²) in [5.74, 6) is -0.300. The molecule has 21 heavy (non-hydrogen) atoms. The van der Waals surface area contributed by atoms with Crippen LogP contribution in [0.4, 0.5) is 0 Å². The number of halogens is 1. The van der Waals surface area contributed by atoms with Crippen LogP contribution in [0.15, 0.2) is 57.2 Å². The van der Waals surface area contributed by atoms with E-state index < -0.39 is 5.91 Å². The van der Waals surface area contributed by atoms with E-state index >= 15 is 0 Å². The summed E-state index contributed by atoms with van der Waals surface area (Å²) in [7, 11) is 1.49. The summed E-state index contributed by atoms with van der Waals surface area (Å²) < 4.78 is 6.02. The van der Waals surface area contributed by atoms with Crippen LogP contribution in [0.2, 0.25) is 0 Å². The van der Waals surface area contributed by atoms with E-state index in [9.17, 15) is 9.59 Å². The van der Waals surface area contributed by atoms with E-state index in [1.165, 1.54) is 19.4 Å². The summed E-state index contributed by atoms with van der Waals surface area (Å²) >= 11 is 3.30. The molecule has 0 atom stereocenters. The van der Waals surface area contributed by atoms with E-state index in [-0.39, 0.29) is 11.6 Å². The first-order valence-corrected chi connectivity index (χ1v) is 6.93. The van der Waals surface area contributed by atoms with E-state index in [0.717, 1.165) is 4.47 Å². The molecule has 0 saturated heterocycles. The van der Waals surface area contributed by atoms with Crippen molar-refractivity contribution in [3.05, 3.63) is 64.2 Å². The molecule has 0 aliphatic carbocycles. The van der Waals surface area contributed by atoms with Gasteiger partial charge in [0, 0.05) is 23.2 Å². The normalized spacial score (nSPS) is 11.0. The van der Waals surface area contributed by atoms with Crippen LogP contribution in [0.3, 0.4) is 0 Å². The van der Waals surface area contributed by atoms with E-state index in [2.05, 4.69) is 26.6 Å². The lowest BCUT2D eigenvalue weighted by atomic mass is 10.2. The van der Waals surface area contributed by atoms with E-state index in [4.69, 9.17) is 4.42 Å². The van der Waals surface area contributed by atoms with E-state index in [1.54, 1.807) is 36.4 Å². The van der Waals surface area contributed by atoms with Gasteiger partial charge in [-0.3, -0.25) is 9.59 Å². The predicted octanol–water partition coefficient (Wildman–Crippen LogP) is 2.56. The van der Waals surface area contributed by atoms with Crippen LogP contribution < -0.4 is 10.6 Å². The maximum absolute atomic E-state index is 12.1. The maximum atomic E-state index is 12.1. The molecule has 2 amide bonds. The Bertz CT molecular complexity index is 661. The van der Waals surface area contributed by atoms with Crippen molar-refractivity contribution in [1.82, 2.24) is 10.6 Å². The second-order valence-electron chi connectivity index (χ2n) is 4.11. The van der Waals surface area contributed by atoms with Crippen molar-refractivity contribution in [2.75, 3.05) is 7.05 Å². The number of carbonyl (C=O) groups is 2. The Morgan fingerprint density at radius 1 is 1.19 bits per heavy atom. The number of amides is 2. The molecule has 0 unspecified atom stereocenters. The fraction of sp³-hybridized carbons (Fsp3) is 0.0667. The summed E-state index contributed by atoms with van der Waals surface area (Å²) in [5, 5.41) is 5.05. The Kier molecular flexibility index (Phi) is 4.94. The number of rotatable bonds is 4. The first-order chi connectivity index (χ1) is 10.1. The number of carbonyl (C=O) groups excluding carboxylic acids is 2. The molecule has 0 saturated carbocycles. The van der Waals surface area contributed by atoms with Crippen molar-refractivity contribution < 1.29 is 14.0 Å². The molecular formula is C15H13BrN2O3.